The Morgan fingerprint density at radius 2 is 1.72 bits per heavy atom. The van der Waals surface area contributed by atoms with Crippen LogP contribution in [0.1, 0.15) is 67.8 Å². The van der Waals surface area contributed by atoms with Crippen LogP contribution in [0.15, 0.2) is 53.4 Å². The topological polar surface area (TPSA) is 86.6 Å². The van der Waals surface area contributed by atoms with Gasteiger partial charge in [-0.2, -0.15) is 0 Å². The maximum atomic E-state index is 13.2. The number of carbonyl (C=O) groups excluding carboxylic acids is 2. The number of rotatable bonds is 9. The number of amides is 1. The van der Waals surface area contributed by atoms with Crippen molar-refractivity contribution < 1.29 is 19.8 Å². The molecule has 4 rings (SSSR count). The number of thioether (sulfide) groups is 1. The average Bonchev–Trinajstić information content (AvgIpc) is 2.88. The van der Waals surface area contributed by atoms with Crippen molar-refractivity contribution in [2.75, 3.05) is 5.75 Å². The highest BCUT2D eigenvalue weighted by atomic mass is 32.2. The Morgan fingerprint density at radius 3 is 2.42 bits per heavy atom. The molecule has 0 aromatic heterocycles. The quantitative estimate of drug-likeness (QED) is 0.374. The van der Waals surface area contributed by atoms with E-state index in [-0.39, 0.29) is 29.3 Å². The third-order valence-electron chi connectivity index (χ3n) is 8.37. The van der Waals surface area contributed by atoms with Crippen molar-refractivity contribution in [1.29, 1.82) is 0 Å². The zero-order chi connectivity index (χ0) is 25.7. The number of hydrogen-bond acceptors (Lipinski definition) is 5. The third kappa shape index (κ3) is 6.51. The number of aliphatic hydroxyl groups is 1. The highest BCUT2D eigenvalue weighted by Crippen LogP contribution is 2.47. The zero-order valence-corrected chi connectivity index (χ0v) is 22.2. The summed E-state index contributed by atoms with van der Waals surface area (Å²) >= 11 is 1.60. The Labute approximate surface area is 219 Å². The van der Waals surface area contributed by atoms with Crippen LogP contribution in [-0.4, -0.2) is 39.8 Å². The number of benzene rings is 2. The van der Waals surface area contributed by atoms with Crippen LogP contribution in [0.3, 0.4) is 0 Å². The van der Waals surface area contributed by atoms with E-state index >= 15 is 0 Å². The lowest BCUT2D eigenvalue weighted by Crippen LogP contribution is -2.47. The smallest absolute Gasteiger partial charge is 0.252 e. The normalized spacial score (nSPS) is 25.4. The van der Waals surface area contributed by atoms with Crippen molar-refractivity contribution in [2.24, 2.45) is 23.7 Å². The minimum absolute atomic E-state index is 0.00885. The van der Waals surface area contributed by atoms with Crippen LogP contribution in [0.25, 0.3) is 0 Å². The number of nitrogens with one attached hydrogen (secondary N) is 1. The van der Waals surface area contributed by atoms with Crippen LogP contribution in [0.4, 0.5) is 0 Å². The third-order valence-corrected chi connectivity index (χ3v) is 9.50. The van der Waals surface area contributed by atoms with E-state index < -0.39 is 12.1 Å². The lowest BCUT2D eigenvalue weighted by molar-refractivity contribution is -0.126. The van der Waals surface area contributed by atoms with E-state index in [1.165, 1.54) is 25.7 Å². The maximum absolute atomic E-state index is 13.2. The van der Waals surface area contributed by atoms with Gasteiger partial charge < -0.3 is 15.5 Å². The fraction of sp³-hybridized carbons (Fsp3) is 0.533. The van der Waals surface area contributed by atoms with Gasteiger partial charge in [0.15, 0.2) is 0 Å². The molecule has 0 spiro atoms. The Morgan fingerprint density at radius 1 is 1.03 bits per heavy atom. The van der Waals surface area contributed by atoms with E-state index in [0.29, 0.717) is 35.1 Å². The summed E-state index contributed by atoms with van der Waals surface area (Å²) in [4.78, 5) is 26.9. The molecule has 2 aromatic rings. The van der Waals surface area contributed by atoms with Gasteiger partial charge in [0.2, 0.25) is 0 Å². The molecule has 36 heavy (non-hydrogen) atoms. The highest BCUT2D eigenvalue weighted by Gasteiger charge is 2.41. The molecule has 6 heteroatoms. The molecule has 5 nitrogen and oxygen atoms in total. The van der Waals surface area contributed by atoms with E-state index in [9.17, 15) is 19.8 Å². The van der Waals surface area contributed by atoms with Crippen molar-refractivity contribution in [3.05, 3.63) is 59.7 Å². The summed E-state index contributed by atoms with van der Waals surface area (Å²) in [6.07, 6.45) is 6.64. The fourth-order valence-electron chi connectivity index (χ4n) is 6.28. The van der Waals surface area contributed by atoms with Crippen molar-refractivity contribution in [3.8, 4) is 5.75 Å². The zero-order valence-electron chi connectivity index (χ0n) is 21.4. The molecule has 2 fully saturated rings. The van der Waals surface area contributed by atoms with Crippen molar-refractivity contribution in [2.45, 2.75) is 75.8 Å². The minimum atomic E-state index is -0.769. The van der Waals surface area contributed by atoms with Crippen LogP contribution in [-0.2, 0) is 4.79 Å². The molecule has 3 N–H and O–H groups in total. The van der Waals surface area contributed by atoms with E-state index in [1.807, 2.05) is 30.3 Å². The molecule has 2 aromatic carbocycles. The molecule has 2 aliphatic carbocycles. The molecule has 194 valence electrons. The number of ketones is 1. The highest BCUT2D eigenvalue weighted by molar-refractivity contribution is 7.99. The largest absolute Gasteiger partial charge is 0.508 e. The van der Waals surface area contributed by atoms with Crippen molar-refractivity contribution in [3.63, 3.8) is 0 Å². The van der Waals surface area contributed by atoms with E-state index in [1.54, 1.807) is 43.8 Å². The van der Waals surface area contributed by atoms with E-state index in [0.717, 1.165) is 17.7 Å². The molecule has 2 aliphatic rings. The first kappa shape index (κ1) is 26.7. The summed E-state index contributed by atoms with van der Waals surface area (Å²) < 4.78 is 0. The Kier molecular flexibility index (Phi) is 9.13. The fourth-order valence-corrected chi connectivity index (χ4v) is 7.30. The molecule has 2 saturated carbocycles. The summed E-state index contributed by atoms with van der Waals surface area (Å²) in [5, 5.41) is 24.6. The number of carbonyl (C=O) groups is 2. The van der Waals surface area contributed by atoms with Crippen LogP contribution in [0.5, 0.6) is 5.75 Å². The number of phenolic OH excluding ortho intramolecular Hbond substituents is 1. The first-order valence-electron chi connectivity index (χ1n) is 13.3. The van der Waals surface area contributed by atoms with Gasteiger partial charge in [0, 0.05) is 27.7 Å². The second-order valence-electron chi connectivity index (χ2n) is 10.7. The minimum Gasteiger partial charge on any atom is -0.508 e. The maximum Gasteiger partial charge on any atom is 0.252 e. The monoisotopic (exact) mass is 509 g/mol. The molecule has 6 atom stereocenters. The van der Waals surface area contributed by atoms with Gasteiger partial charge in [-0.15, -0.1) is 11.8 Å². The summed E-state index contributed by atoms with van der Waals surface area (Å²) in [5.74, 6) is 1.93. The van der Waals surface area contributed by atoms with Crippen LogP contribution < -0.4 is 5.32 Å². The number of aromatic hydroxyl groups is 1. The lowest BCUT2D eigenvalue weighted by Gasteiger charge is -2.44. The van der Waals surface area contributed by atoms with Crippen LogP contribution in [0.2, 0.25) is 0 Å². The van der Waals surface area contributed by atoms with Crippen molar-refractivity contribution in [1.82, 2.24) is 5.32 Å². The molecule has 0 radical (unpaired) electrons. The molecule has 0 aliphatic heterocycles. The standard InChI is InChI=1S/C30H39NO4S/c1-19-25(13-8-14-28(19)33)30(35)31-27(18-36-24-11-4-3-5-12-24)29(34)17-23-15-21-9-6-7-10-22(21)16-26(23)20(2)32/h3-5,8,11-14,21-23,26-27,29,33-34H,6-7,9-10,15-18H2,1-2H3,(H,31,35)/t21-,22+,23?,26+,27+,29-/m1/s1. The first-order chi connectivity index (χ1) is 17.3. The Balaban J connectivity index is 1.50. The van der Waals surface area contributed by atoms with Gasteiger partial charge in [-0.25, -0.2) is 0 Å². The Bertz CT molecular complexity index is 1040. The first-order valence-corrected chi connectivity index (χ1v) is 14.3. The summed E-state index contributed by atoms with van der Waals surface area (Å²) in [6, 6.07) is 14.4. The van der Waals surface area contributed by atoms with Gasteiger partial charge >= 0.3 is 0 Å². The second kappa shape index (κ2) is 12.3. The lowest BCUT2D eigenvalue weighted by atomic mass is 9.61. The number of hydrogen-bond donors (Lipinski definition) is 3. The molecule has 1 amide bonds. The van der Waals surface area contributed by atoms with Gasteiger partial charge in [-0.3, -0.25) is 9.59 Å². The van der Waals surface area contributed by atoms with E-state index in [4.69, 9.17) is 0 Å². The molecule has 0 bridgehead atoms. The van der Waals surface area contributed by atoms with Gasteiger partial charge in [-0.1, -0.05) is 49.9 Å². The predicted molar refractivity (Wildman–Crippen MR) is 144 cm³/mol. The average molecular weight is 510 g/mol. The van der Waals surface area contributed by atoms with Crippen molar-refractivity contribution >= 4 is 23.5 Å². The number of Topliss-reactive ketones (excluding diaryl/α,β-unsaturated/α-hetero) is 1. The number of aliphatic hydroxyl groups excluding tert-OH is 1. The van der Waals surface area contributed by atoms with Gasteiger partial charge in [0.05, 0.1) is 12.1 Å². The second-order valence-corrected chi connectivity index (χ2v) is 11.8. The predicted octanol–water partition coefficient (Wildman–Crippen LogP) is 5.76. The van der Waals surface area contributed by atoms with Crippen LogP contribution >= 0.6 is 11.8 Å². The molecule has 1 unspecified atom stereocenters. The molecule has 0 heterocycles. The summed E-state index contributed by atoms with van der Waals surface area (Å²) in [5.41, 5.74) is 0.924. The number of phenols is 1. The van der Waals surface area contributed by atoms with Crippen LogP contribution in [0, 0.1) is 30.6 Å². The van der Waals surface area contributed by atoms with E-state index in [2.05, 4.69) is 5.32 Å². The summed E-state index contributed by atoms with van der Waals surface area (Å²) in [7, 11) is 0. The van der Waals surface area contributed by atoms with Gasteiger partial charge in [-0.05, 0) is 75.1 Å². The Hall–Kier alpha value is -2.31. The molecular weight excluding hydrogens is 470 g/mol. The molecular formula is C30H39NO4S. The SMILES string of the molecule is CC(=O)[C@@H]1C[C@@H]2CCCC[C@@H]2CC1C[C@@H](O)[C@H](CSc1ccccc1)NC(=O)c1cccc(O)c1C. The molecule has 0 saturated heterocycles. The van der Waals surface area contributed by atoms with Gasteiger partial charge in [0.25, 0.3) is 5.91 Å². The van der Waals surface area contributed by atoms with Gasteiger partial charge in [0.1, 0.15) is 11.5 Å². The summed E-state index contributed by atoms with van der Waals surface area (Å²) in [6.45, 7) is 3.41. The number of fused-ring (bicyclic) bond motifs is 1.